The molecule has 0 bridgehead atoms. The van der Waals surface area contributed by atoms with Crippen LogP contribution in [0, 0.1) is 13.8 Å². The van der Waals surface area contributed by atoms with Gasteiger partial charge in [0.05, 0.1) is 29.7 Å². The van der Waals surface area contributed by atoms with Crippen LogP contribution in [0.2, 0.25) is 0 Å². The predicted molar refractivity (Wildman–Crippen MR) is 80.7 cm³/mol. The molecule has 2 aromatic rings. The molecule has 106 valence electrons. The molecule has 2 rings (SSSR count). The molecule has 0 fully saturated rings. The molecule has 2 aromatic heterocycles. The number of aromatic amines is 2. The number of nitrogens with two attached hydrogens (primary N) is 2. The van der Waals surface area contributed by atoms with Crippen LogP contribution in [0.25, 0.3) is 11.8 Å². The van der Waals surface area contributed by atoms with E-state index in [9.17, 15) is 0 Å². The first-order valence-electron chi connectivity index (χ1n) is 6.19. The molecule has 0 atom stereocenters. The lowest BCUT2D eigenvalue weighted by atomic mass is 10.3. The van der Waals surface area contributed by atoms with Crippen molar-refractivity contribution >= 4 is 18.0 Å². The summed E-state index contributed by atoms with van der Waals surface area (Å²) in [5, 5.41) is 4.95. The lowest BCUT2D eigenvalue weighted by Crippen LogP contribution is -2.18. The Morgan fingerprint density at radius 1 is 1.30 bits per heavy atom. The highest BCUT2D eigenvalue weighted by Crippen LogP contribution is 2.09. The van der Waals surface area contributed by atoms with E-state index in [4.69, 9.17) is 16.3 Å². The summed E-state index contributed by atoms with van der Waals surface area (Å²) in [5.41, 5.74) is 9.64. The summed E-state index contributed by atoms with van der Waals surface area (Å²) in [5.74, 6) is 5.80. The van der Waals surface area contributed by atoms with Gasteiger partial charge in [-0.25, -0.2) is 0 Å². The number of hydrogen-bond acceptors (Lipinski definition) is 4. The number of aryl methyl sites for hydroxylation is 2. The van der Waals surface area contributed by atoms with Gasteiger partial charge in [0.2, 0.25) is 0 Å². The largest absolute Gasteiger partial charge is 0.494 e. The average molecular weight is 273 g/mol. The van der Waals surface area contributed by atoms with Crippen LogP contribution in [0.15, 0.2) is 17.2 Å². The zero-order chi connectivity index (χ0) is 14.7. The van der Waals surface area contributed by atoms with E-state index in [0.29, 0.717) is 16.8 Å². The van der Waals surface area contributed by atoms with Gasteiger partial charge in [0.15, 0.2) is 0 Å². The second-order valence-corrected chi connectivity index (χ2v) is 4.58. The fourth-order valence-corrected chi connectivity index (χ4v) is 1.96. The number of hydrogen-bond donors (Lipinski definition) is 4. The highest BCUT2D eigenvalue weighted by Gasteiger charge is 2.02. The Morgan fingerprint density at radius 3 is 2.60 bits per heavy atom. The van der Waals surface area contributed by atoms with Crippen molar-refractivity contribution in [3.05, 3.63) is 39.8 Å². The van der Waals surface area contributed by atoms with Gasteiger partial charge in [-0.05, 0) is 31.6 Å². The Kier molecular flexibility index (Phi) is 3.84. The first-order chi connectivity index (χ1) is 9.55. The van der Waals surface area contributed by atoms with Crippen molar-refractivity contribution in [3.8, 4) is 5.75 Å². The molecule has 0 radical (unpaired) electrons. The van der Waals surface area contributed by atoms with Crippen molar-refractivity contribution in [2.75, 3.05) is 7.11 Å². The first-order valence-corrected chi connectivity index (χ1v) is 6.19. The smallest absolute Gasteiger partial charge is 0.144 e. The van der Waals surface area contributed by atoms with E-state index >= 15 is 0 Å². The minimum Gasteiger partial charge on any atom is -0.494 e. The van der Waals surface area contributed by atoms with Gasteiger partial charge in [0, 0.05) is 17.5 Å². The number of H-pyrrole nitrogens is 2. The Morgan fingerprint density at radius 2 is 2.05 bits per heavy atom. The van der Waals surface area contributed by atoms with Gasteiger partial charge < -0.3 is 26.3 Å². The van der Waals surface area contributed by atoms with Crippen molar-refractivity contribution in [2.45, 2.75) is 13.8 Å². The van der Waals surface area contributed by atoms with Crippen LogP contribution in [0.4, 0.5) is 0 Å². The monoisotopic (exact) mass is 273 g/mol. The maximum absolute atomic E-state index is 5.84. The Bertz CT molecular complexity index is 732. The number of ether oxygens (including phenoxy) is 1. The molecule has 0 aliphatic carbocycles. The third-order valence-corrected chi connectivity index (χ3v) is 3.15. The van der Waals surface area contributed by atoms with E-state index in [-0.39, 0.29) is 0 Å². The van der Waals surface area contributed by atoms with Gasteiger partial charge in [-0.3, -0.25) is 0 Å². The van der Waals surface area contributed by atoms with Crippen molar-refractivity contribution in [3.63, 3.8) is 0 Å². The SMILES string of the molecule is COc1cc(=C(N)C=NN)[nH]/c1=C\c1cc(C)c(C)[nH]1. The number of rotatable bonds is 3. The molecule has 20 heavy (non-hydrogen) atoms. The Hall–Kier alpha value is -2.63. The summed E-state index contributed by atoms with van der Waals surface area (Å²) < 4.78 is 5.34. The molecule has 0 spiro atoms. The Labute approximate surface area is 116 Å². The van der Waals surface area contributed by atoms with E-state index in [2.05, 4.69) is 28.1 Å². The average Bonchev–Trinajstić information content (AvgIpc) is 2.94. The number of aromatic nitrogens is 2. The van der Waals surface area contributed by atoms with Gasteiger partial charge in [-0.15, -0.1) is 0 Å². The zero-order valence-electron chi connectivity index (χ0n) is 11.8. The maximum Gasteiger partial charge on any atom is 0.144 e. The van der Waals surface area contributed by atoms with Gasteiger partial charge in [0.1, 0.15) is 5.75 Å². The van der Waals surface area contributed by atoms with Gasteiger partial charge in [-0.1, -0.05) is 0 Å². The molecule has 0 aliphatic heterocycles. The summed E-state index contributed by atoms with van der Waals surface area (Å²) in [6.45, 7) is 4.09. The zero-order valence-corrected chi connectivity index (χ0v) is 11.8. The quantitative estimate of drug-likeness (QED) is 0.354. The molecule has 0 aromatic carbocycles. The summed E-state index contributed by atoms with van der Waals surface area (Å²) >= 11 is 0. The second-order valence-electron chi connectivity index (χ2n) is 4.58. The third-order valence-electron chi connectivity index (χ3n) is 3.15. The summed E-state index contributed by atoms with van der Waals surface area (Å²) in [7, 11) is 1.61. The molecular formula is C14H19N5O. The molecule has 2 heterocycles. The topological polar surface area (TPSA) is 105 Å². The maximum atomic E-state index is 5.84. The van der Waals surface area contributed by atoms with Gasteiger partial charge >= 0.3 is 0 Å². The minimum absolute atomic E-state index is 0.448. The molecule has 0 saturated carbocycles. The molecule has 0 saturated heterocycles. The number of hydrazone groups is 1. The lowest BCUT2D eigenvalue weighted by Gasteiger charge is -1.92. The second kappa shape index (κ2) is 5.56. The number of methoxy groups -OCH3 is 1. The van der Waals surface area contributed by atoms with Crippen LogP contribution >= 0.6 is 0 Å². The predicted octanol–water partition coefficient (Wildman–Crippen LogP) is -0.192. The van der Waals surface area contributed by atoms with Gasteiger partial charge in [-0.2, -0.15) is 5.10 Å². The Balaban J connectivity index is 2.59. The van der Waals surface area contributed by atoms with Crippen LogP contribution in [0.3, 0.4) is 0 Å². The van der Waals surface area contributed by atoms with E-state index in [1.54, 1.807) is 7.11 Å². The fraction of sp³-hybridized carbons (Fsp3) is 0.214. The molecule has 0 unspecified atom stereocenters. The third kappa shape index (κ3) is 2.69. The van der Waals surface area contributed by atoms with E-state index in [1.165, 1.54) is 11.8 Å². The van der Waals surface area contributed by atoms with Crippen molar-refractivity contribution in [1.82, 2.24) is 9.97 Å². The summed E-state index contributed by atoms with van der Waals surface area (Å²) in [6.07, 6.45) is 3.35. The van der Waals surface area contributed by atoms with Crippen molar-refractivity contribution in [2.24, 2.45) is 16.7 Å². The molecular weight excluding hydrogens is 254 g/mol. The van der Waals surface area contributed by atoms with E-state index in [1.807, 2.05) is 19.1 Å². The standard InChI is InChI=1S/C14H19N5O/c1-8-4-10(18-9(8)2)5-13-14(20-3)6-12(19-13)11(15)7-17-16/h4-7,18-19H,15-16H2,1-3H3/b12-11?,13-5-,17-7?. The van der Waals surface area contributed by atoms with Crippen LogP contribution < -0.4 is 27.0 Å². The van der Waals surface area contributed by atoms with Crippen molar-refractivity contribution in [1.29, 1.82) is 0 Å². The molecule has 6 nitrogen and oxygen atoms in total. The fourth-order valence-electron chi connectivity index (χ4n) is 1.96. The minimum atomic E-state index is 0.448. The molecule has 0 aliphatic rings. The normalized spacial score (nSPS) is 14.1. The van der Waals surface area contributed by atoms with Crippen LogP contribution in [0.1, 0.15) is 17.0 Å². The number of nitrogens with zero attached hydrogens (tertiary/aromatic N) is 1. The number of nitrogens with one attached hydrogen (secondary N) is 2. The van der Waals surface area contributed by atoms with Crippen LogP contribution in [-0.4, -0.2) is 23.3 Å². The highest BCUT2D eigenvalue weighted by molar-refractivity contribution is 5.99. The molecule has 0 amide bonds. The van der Waals surface area contributed by atoms with E-state index < -0.39 is 0 Å². The van der Waals surface area contributed by atoms with E-state index in [0.717, 1.165) is 16.7 Å². The molecule has 6 N–H and O–H groups in total. The van der Waals surface area contributed by atoms with Gasteiger partial charge in [0.25, 0.3) is 0 Å². The van der Waals surface area contributed by atoms with Crippen LogP contribution in [-0.2, 0) is 0 Å². The first kappa shape index (κ1) is 13.8. The molecule has 6 heteroatoms. The van der Waals surface area contributed by atoms with Crippen molar-refractivity contribution < 1.29 is 4.74 Å². The summed E-state index contributed by atoms with van der Waals surface area (Å²) in [4.78, 5) is 6.48. The highest BCUT2D eigenvalue weighted by atomic mass is 16.5. The van der Waals surface area contributed by atoms with Crippen LogP contribution in [0.5, 0.6) is 5.75 Å². The summed E-state index contributed by atoms with van der Waals surface area (Å²) in [6, 6.07) is 3.88. The lowest BCUT2D eigenvalue weighted by molar-refractivity contribution is 0.412.